The summed E-state index contributed by atoms with van der Waals surface area (Å²) in [5, 5.41) is 4.30. The molecule has 0 aromatic carbocycles. The molecule has 1 N–H and O–H groups in total. The molecule has 0 radical (unpaired) electrons. The summed E-state index contributed by atoms with van der Waals surface area (Å²) in [4.78, 5) is 19.9. The maximum absolute atomic E-state index is 5.35. The minimum atomic E-state index is 0.550. The summed E-state index contributed by atoms with van der Waals surface area (Å²) < 4.78 is 5.35. The van der Waals surface area contributed by atoms with Crippen LogP contribution in [0.1, 0.15) is 25.5 Å². The summed E-state index contributed by atoms with van der Waals surface area (Å²) in [5.41, 5.74) is 0.846. The first-order valence-corrected chi connectivity index (χ1v) is 7.91. The highest BCUT2D eigenvalue weighted by Gasteiger charge is 2.18. The third-order valence-corrected chi connectivity index (χ3v) is 3.83. The lowest BCUT2D eigenvalue weighted by Crippen LogP contribution is -2.21. The molecule has 0 spiro atoms. The molecule has 3 heterocycles. The van der Waals surface area contributed by atoms with Crippen LogP contribution in [-0.2, 0) is 0 Å². The zero-order valence-corrected chi connectivity index (χ0v) is 13.0. The fraction of sp³-hybridized carbons (Fsp3) is 0.538. The first kappa shape index (κ1) is 14.1. The molecule has 0 bridgehead atoms. The Labute approximate surface area is 127 Å². The molecule has 0 saturated carbocycles. The lowest BCUT2D eigenvalue weighted by molar-refractivity contribution is 0.453. The SMILES string of the molecule is CCNc1nc(Sc2nc(C)co2)nc(N2CCCC2)n1. The van der Waals surface area contributed by atoms with Gasteiger partial charge in [-0.1, -0.05) is 0 Å². The van der Waals surface area contributed by atoms with E-state index in [1.54, 1.807) is 6.26 Å². The highest BCUT2D eigenvalue weighted by Crippen LogP contribution is 2.26. The average Bonchev–Trinajstić information content (AvgIpc) is 3.11. The maximum atomic E-state index is 5.35. The van der Waals surface area contributed by atoms with E-state index in [9.17, 15) is 0 Å². The van der Waals surface area contributed by atoms with Crippen LogP contribution in [0.15, 0.2) is 21.1 Å². The third kappa shape index (κ3) is 3.44. The molecule has 21 heavy (non-hydrogen) atoms. The topological polar surface area (TPSA) is 80.0 Å². The Bertz CT molecular complexity index is 610. The quantitative estimate of drug-likeness (QED) is 0.901. The number of aromatic nitrogens is 4. The van der Waals surface area contributed by atoms with Gasteiger partial charge in [0, 0.05) is 31.4 Å². The molecule has 112 valence electrons. The first-order chi connectivity index (χ1) is 10.2. The molecule has 2 aromatic heterocycles. The highest BCUT2D eigenvalue weighted by molar-refractivity contribution is 7.98. The van der Waals surface area contributed by atoms with Crippen molar-refractivity contribution in [3.05, 3.63) is 12.0 Å². The Balaban J connectivity index is 1.86. The van der Waals surface area contributed by atoms with Crippen molar-refractivity contribution < 1.29 is 4.42 Å². The molecule has 0 atom stereocenters. The van der Waals surface area contributed by atoms with E-state index >= 15 is 0 Å². The van der Waals surface area contributed by atoms with Crippen LogP contribution < -0.4 is 10.2 Å². The van der Waals surface area contributed by atoms with Crippen LogP contribution in [0.25, 0.3) is 0 Å². The van der Waals surface area contributed by atoms with Gasteiger partial charge in [0.05, 0.1) is 5.69 Å². The minimum absolute atomic E-state index is 0.550. The number of hydrogen-bond acceptors (Lipinski definition) is 8. The van der Waals surface area contributed by atoms with Crippen molar-refractivity contribution in [2.75, 3.05) is 29.9 Å². The van der Waals surface area contributed by atoms with Crippen LogP contribution in [0.3, 0.4) is 0 Å². The number of oxazole rings is 1. The molecule has 1 saturated heterocycles. The van der Waals surface area contributed by atoms with Crippen molar-refractivity contribution in [2.24, 2.45) is 0 Å². The van der Waals surface area contributed by atoms with Gasteiger partial charge >= 0.3 is 0 Å². The highest BCUT2D eigenvalue weighted by atomic mass is 32.2. The fourth-order valence-corrected chi connectivity index (χ4v) is 2.85. The van der Waals surface area contributed by atoms with Crippen molar-refractivity contribution in [1.29, 1.82) is 0 Å². The van der Waals surface area contributed by atoms with Gasteiger partial charge in [0.2, 0.25) is 17.1 Å². The number of anilines is 2. The van der Waals surface area contributed by atoms with Crippen LogP contribution in [-0.4, -0.2) is 39.6 Å². The Morgan fingerprint density at radius 2 is 2.05 bits per heavy atom. The zero-order valence-electron chi connectivity index (χ0n) is 12.2. The van der Waals surface area contributed by atoms with E-state index in [-0.39, 0.29) is 0 Å². The van der Waals surface area contributed by atoms with Crippen LogP contribution >= 0.6 is 11.8 Å². The molecule has 8 heteroatoms. The van der Waals surface area contributed by atoms with E-state index in [2.05, 4.69) is 30.2 Å². The first-order valence-electron chi connectivity index (χ1n) is 7.09. The second kappa shape index (κ2) is 6.30. The van der Waals surface area contributed by atoms with E-state index in [1.165, 1.54) is 24.6 Å². The lowest BCUT2D eigenvalue weighted by atomic mass is 10.4. The number of aryl methyl sites for hydroxylation is 1. The predicted octanol–water partition coefficient (Wildman–Crippen LogP) is 2.35. The standard InChI is InChI=1S/C13H18N6OS/c1-3-14-10-16-11(19-6-4-5-7-19)18-12(17-10)21-13-15-9(2)8-20-13/h8H,3-7H2,1-2H3,(H,14,16,17,18). The molecule has 1 aliphatic heterocycles. The van der Waals surface area contributed by atoms with Crippen LogP contribution in [0.2, 0.25) is 0 Å². The smallest absolute Gasteiger partial charge is 0.263 e. The molecule has 7 nitrogen and oxygen atoms in total. The molecule has 0 amide bonds. The van der Waals surface area contributed by atoms with Gasteiger partial charge in [-0.2, -0.15) is 15.0 Å². The zero-order chi connectivity index (χ0) is 14.7. The van der Waals surface area contributed by atoms with E-state index in [0.717, 1.165) is 31.3 Å². The van der Waals surface area contributed by atoms with E-state index < -0.39 is 0 Å². The van der Waals surface area contributed by atoms with Gasteiger partial charge in [0.15, 0.2) is 0 Å². The Morgan fingerprint density at radius 1 is 1.24 bits per heavy atom. The average molecular weight is 306 g/mol. The van der Waals surface area contributed by atoms with Gasteiger partial charge in [-0.25, -0.2) is 4.98 Å². The largest absolute Gasteiger partial charge is 0.439 e. The fourth-order valence-electron chi connectivity index (χ4n) is 2.14. The number of hydrogen-bond donors (Lipinski definition) is 1. The molecule has 0 aliphatic carbocycles. The van der Waals surface area contributed by atoms with Crippen LogP contribution in [0.5, 0.6) is 0 Å². The van der Waals surface area contributed by atoms with Gasteiger partial charge in [-0.05, 0) is 26.7 Å². The molecular weight excluding hydrogens is 288 g/mol. The maximum Gasteiger partial charge on any atom is 0.263 e. The summed E-state index contributed by atoms with van der Waals surface area (Å²) in [6, 6.07) is 0. The molecule has 1 aliphatic rings. The molecular formula is C13H18N6OS. The summed E-state index contributed by atoms with van der Waals surface area (Å²) in [6.45, 7) is 6.67. The minimum Gasteiger partial charge on any atom is -0.439 e. The summed E-state index contributed by atoms with van der Waals surface area (Å²) >= 11 is 1.31. The van der Waals surface area contributed by atoms with E-state index in [1.807, 2.05) is 13.8 Å². The lowest BCUT2D eigenvalue weighted by Gasteiger charge is -2.16. The van der Waals surface area contributed by atoms with Crippen molar-refractivity contribution in [3.8, 4) is 0 Å². The monoisotopic (exact) mass is 306 g/mol. The van der Waals surface area contributed by atoms with Crippen molar-refractivity contribution in [3.63, 3.8) is 0 Å². The van der Waals surface area contributed by atoms with Gasteiger partial charge in [-0.15, -0.1) is 0 Å². The Kier molecular flexibility index (Phi) is 4.23. The second-order valence-corrected chi connectivity index (χ2v) is 5.74. The van der Waals surface area contributed by atoms with Crippen molar-refractivity contribution in [1.82, 2.24) is 19.9 Å². The summed E-state index contributed by atoms with van der Waals surface area (Å²) in [5.74, 6) is 1.32. The third-order valence-electron chi connectivity index (χ3n) is 3.10. The van der Waals surface area contributed by atoms with E-state index in [0.29, 0.717) is 16.3 Å². The van der Waals surface area contributed by atoms with Gasteiger partial charge in [0.1, 0.15) is 6.26 Å². The van der Waals surface area contributed by atoms with Gasteiger partial charge in [-0.3, -0.25) is 0 Å². The molecule has 3 rings (SSSR count). The molecule has 1 fully saturated rings. The Morgan fingerprint density at radius 3 is 2.71 bits per heavy atom. The van der Waals surface area contributed by atoms with Crippen molar-refractivity contribution in [2.45, 2.75) is 37.1 Å². The normalized spacial score (nSPS) is 14.7. The van der Waals surface area contributed by atoms with Crippen LogP contribution in [0, 0.1) is 6.92 Å². The van der Waals surface area contributed by atoms with Gasteiger partial charge in [0.25, 0.3) is 5.22 Å². The summed E-state index contributed by atoms with van der Waals surface area (Å²) in [6.07, 6.45) is 3.99. The number of nitrogens with one attached hydrogen (secondary N) is 1. The number of nitrogens with zero attached hydrogens (tertiary/aromatic N) is 5. The Hall–Kier alpha value is -1.83. The van der Waals surface area contributed by atoms with Gasteiger partial charge < -0.3 is 14.6 Å². The van der Waals surface area contributed by atoms with E-state index in [4.69, 9.17) is 4.42 Å². The second-order valence-electron chi connectivity index (χ2n) is 4.82. The van der Waals surface area contributed by atoms with Crippen LogP contribution in [0.4, 0.5) is 11.9 Å². The summed E-state index contributed by atoms with van der Waals surface area (Å²) in [7, 11) is 0. The predicted molar refractivity (Wildman–Crippen MR) is 80.8 cm³/mol. The molecule has 0 unspecified atom stereocenters. The number of rotatable bonds is 5. The molecule has 2 aromatic rings. The van der Waals surface area contributed by atoms with Crippen molar-refractivity contribution >= 4 is 23.7 Å².